The minimum atomic E-state index is 0.820. The summed E-state index contributed by atoms with van der Waals surface area (Å²) in [5.41, 5.74) is 8.23. The lowest BCUT2D eigenvalue weighted by Gasteiger charge is -1.97. The first kappa shape index (κ1) is 9.10. The van der Waals surface area contributed by atoms with E-state index in [-0.39, 0.29) is 0 Å². The van der Waals surface area contributed by atoms with Gasteiger partial charge < -0.3 is 5.73 Å². The Kier molecular flexibility index (Phi) is 2.74. The van der Waals surface area contributed by atoms with E-state index in [1.54, 1.807) is 4.68 Å². The quantitative estimate of drug-likeness (QED) is 0.741. The summed E-state index contributed by atoms with van der Waals surface area (Å²) in [7, 11) is 1.90. The van der Waals surface area contributed by atoms with Crippen LogP contribution in [0.3, 0.4) is 0 Å². The Hall–Kier alpha value is -0.990. The van der Waals surface area contributed by atoms with Crippen molar-refractivity contribution in [2.45, 2.75) is 33.1 Å². The number of nitrogen functional groups attached to an aromatic ring is 1. The Bertz CT molecular complexity index is 263. The molecule has 2 N–H and O–H groups in total. The number of nitrogens with zero attached hydrogens (tertiary/aromatic N) is 2. The molecule has 1 aromatic rings. The Labute approximate surface area is 73.6 Å². The van der Waals surface area contributed by atoms with Crippen molar-refractivity contribution in [3.05, 3.63) is 11.3 Å². The summed E-state index contributed by atoms with van der Waals surface area (Å²) in [6.07, 6.45) is 3.15. The highest BCUT2D eigenvalue weighted by atomic mass is 15.3. The molecular formula is C9H17N3. The number of hydrogen-bond acceptors (Lipinski definition) is 2. The summed E-state index contributed by atoms with van der Waals surface area (Å²) in [4.78, 5) is 0. The molecule has 1 heterocycles. The van der Waals surface area contributed by atoms with Crippen molar-refractivity contribution in [3.63, 3.8) is 0 Å². The first-order valence-electron chi connectivity index (χ1n) is 4.50. The first-order chi connectivity index (χ1) is 5.70. The minimum absolute atomic E-state index is 0.820. The fourth-order valence-corrected chi connectivity index (χ4v) is 1.46. The average Bonchev–Trinajstić information content (AvgIpc) is 2.29. The zero-order valence-corrected chi connectivity index (χ0v) is 8.09. The van der Waals surface area contributed by atoms with Gasteiger partial charge in [0.1, 0.15) is 5.82 Å². The fourth-order valence-electron chi connectivity index (χ4n) is 1.46. The van der Waals surface area contributed by atoms with E-state index in [0.29, 0.717) is 0 Å². The second kappa shape index (κ2) is 3.61. The van der Waals surface area contributed by atoms with Crippen LogP contribution in [0.1, 0.15) is 31.5 Å². The second-order valence-corrected chi connectivity index (χ2v) is 3.04. The van der Waals surface area contributed by atoms with Gasteiger partial charge in [-0.1, -0.05) is 20.3 Å². The molecule has 0 unspecified atom stereocenters. The van der Waals surface area contributed by atoms with E-state index in [9.17, 15) is 0 Å². The molecule has 0 radical (unpaired) electrons. The van der Waals surface area contributed by atoms with Crippen LogP contribution >= 0.6 is 0 Å². The zero-order valence-electron chi connectivity index (χ0n) is 8.09. The van der Waals surface area contributed by atoms with Crippen LogP contribution < -0.4 is 5.73 Å². The summed E-state index contributed by atoms with van der Waals surface area (Å²) < 4.78 is 1.77. The van der Waals surface area contributed by atoms with Crippen LogP contribution in [0.15, 0.2) is 0 Å². The van der Waals surface area contributed by atoms with Gasteiger partial charge in [0, 0.05) is 12.6 Å². The van der Waals surface area contributed by atoms with Crippen LogP contribution in [-0.4, -0.2) is 9.78 Å². The standard InChI is InChI=1S/C9H17N3/c1-4-6-8-7(5-2)9(10)12(3)11-8/h4-6,10H2,1-3H3. The molecule has 0 fully saturated rings. The van der Waals surface area contributed by atoms with Crippen LogP contribution in [0.25, 0.3) is 0 Å². The highest BCUT2D eigenvalue weighted by molar-refractivity contribution is 5.43. The molecule has 68 valence electrons. The smallest absolute Gasteiger partial charge is 0.124 e. The third kappa shape index (κ3) is 1.44. The maximum atomic E-state index is 5.84. The first-order valence-corrected chi connectivity index (χ1v) is 4.50. The molecule has 0 bridgehead atoms. The maximum Gasteiger partial charge on any atom is 0.124 e. The normalized spacial score (nSPS) is 10.6. The number of rotatable bonds is 3. The Morgan fingerprint density at radius 3 is 2.58 bits per heavy atom. The van der Waals surface area contributed by atoms with Gasteiger partial charge in [0.2, 0.25) is 0 Å². The molecule has 0 aliphatic heterocycles. The molecule has 1 aromatic heterocycles. The van der Waals surface area contributed by atoms with Crippen LogP contribution in [-0.2, 0) is 19.9 Å². The Morgan fingerprint density at radius 1 is 1.42 bits per heavy atom. The molecule has 0 aliphatic carbocycles. The van der Waals surface area contributed by atoms with E-state index in [1.807, 2.05) is 7.05 Å². The monoisotopic (exact) mass is 167 g/mol. The van der Waals surface area contributed by atoms with Gasteiger partial charge in [-0.15, -0.1) is 0 Å². The minimum Gasteiger partial charge on any atom is -0.384 e. The highest BCUT2D eigenvalue weighted by Crippen LogP contribution is 2.17. The molecule has 0 saturated carbocycles. The maximum absolute atomic E-state index is 5.84. The third-order valence-electron chi connectivity index (χ3n) is 2.12. The molecule has 0 atom stereocenters. The number of hydrogen-bond donors (Lipinski definition) is 1. The molecule has 0 spiro atoms. The van der Waals surface area contributed by atoms with Gasteiger partial charge in [-0.2, -0.15) is 5.10 Å². The summed E-state index contributed by atoms with van der Waals surface area (Å²) >= 11 is 0. The number of aryl methyl sites for hydroxylation is 2. The van der Waals surface area contributed by atoms with E-state index in [0.717, 1.165) is 25.1 Å². The van der Waals surface area contributed by atoms with Crippen molar-refractivity contribution in [1.82, 2.24) is 9.78 Å². The van der Waals surface area contributed by atoms with Gasteiger partial charge >= 0.3 is 0 Å². The van der Waals surface area contributed by atoms with E-state index < -0.39 is 0 Å². The summed E-state index contributed by atoms with van der Waals surface area (Å²) in [6.45, 7) is 4.27. The largest absolute Gasteiger partial charge is 0.384 e. The highest BCUT2D eigenvalue weighted by Gasteiger charge is 2.09. The van der Waals surface area contributed by atoms with Crippen molar-refractivity contribution in [2.75, 3.05) is 5.73 Å². The average molecular weight is 167 g/mol. The number of aromatic nitrogens is 2. The van der Waals surface area contributed by atoms with Gasteiger partial charge in [0.25, 0.3) is 0 Å². The lowest BCUT2D eigenvalue weighted by Crippen LogP contribution is -1.98. The summed E-state index contributed by atoms with van der Waals surface area (Å²) in [5.74, 6) is 0.820. The molecular weight excluding hydrogens is 150 g/mol. The van der Waals surface area contributed by atoms with Gasteiger partial charge in [-0.3, -0.25) is 4.68 Å². The van der Waals surface area contributed by atoms with E-state index >= 15 is 0 Å². The Balaban J connectivity index is 3.02. The second-order valence-electron chi connectivity index (χ2n) is 3.04. The number of anilines is 1. The molecule has 3 nitrogen and oxygen atoms in total. The molecule has 12 heavy (non-hydrogen) atoms. The van der Waals surface area contributed by atoms with E-state index in [2.05, 4.69) is 18.9 Å². The molecule has 0 amide bonds. The predicted octanol–water partition coefficient (Wildman–Crippen LogP) is 1.52. The van der Waals surface area contributed by atoms with Gasteiger partial charge in [-0.05, 0) is 12.8 Å². The van der Waals surface area contributed by atoms with Gasteiger partial charge in [0.15, 0.2) is 0 Å². The number of nitrogens with two attached hydrogens (primary N) is 1. The van der Waals surface area contributed by atoms with Crippen LogP contribution in [0, 0.1) is 0 Å². The Morgan fingerprint density at radius 2 is 2.08 bits per heavy atom. The van der Waals surface area contributed by atoms with Gasteiger partial charge in [-0.25, -0.2) is 0 Å². The van der Waals surface area contributed by atoms with E-state index in [4.69, 9.17) is 5.73 Å². The van der Waals surface area contributed by atoms with Crippen LogP contribution in [0.2, 0.25) is 0 Å². The third-order valence-corrected chi connectivity index (χ3v) is 2.12. The van der Waals surface area contributed by atoms with Crippen molar-refractivity contribution in [1.29, 1.82) is 0 Å². The molecule has 3 heteroatoms. The molecule has 1 rings (SSSR count). The molecule has 0 aliphatic rings. The topological polar surface area (TPSA) is 43.8 Å². The van der Waals surface area contributed by atoms with Crippen LogP contribution in [0.4, 0.5) is 5.82 Å². The van der Waals surface area contributed by atoms with E-state index in [1.165, 1.54) is 11.3 Å². The van der Waals surface area contributed by atoms with Crippen LogP contribution in [0.5, 0.6) is 0 Å². The zero-order chi connectivity index (χ0) is 9.14. The van der Waals surface area contributed by atoms with Crippen molar-refractivity contribution >= 4 is 5.82 Å². The van der Waals surface area contributed by atoms with Crippen molar-refractivity contribution < 1.29 is 0 Å². The molecule has 0 aromatic carbocycles. The van der Waals surface area contributed by atoms with Crippen molar-refractivity contribution in [2.24, 2.45) is 7.05 Å². The molecule has 0 saturated heterocycles. The van der Waals surface area contributed by atoms with Gasteiger partial charge in [0.05, 0.1) is 5.69 Å². The lowest BCUT2D eigenvalue weighted by molar-refractivity contribution is 0.740. The summed E-state index contributed by atoms with van der Waals surface area (Å²) in [5, 5.41) is 4.36. The SMILES string of the molecule is CCCc1nn(C)c(N)c1CC. The lowest BCUT2D eigenvalue weighted by atomic mass is 10.1. The van der Waals surface area contributed by atoms with Crippen molar-refractivity contribution in [3.8, 4) is 0 Å². The fraction of sp³-hybridized carbons (Fsp3) is 0.667. The summed E-state index contributed by atoms with van der Waals surface area (Å²) in [6, 6.07) is 0. The predicted molar refractivity (Wildman–Crippen MR) is 51.0 cm³/mol.